The average molecular weight is 617 g/mol. The van der Waals surface area contributed by atoms with Crippen molar-refractivity contribution in [2.45, 2.75) is 51.4 Å². The van der Waals surface area contributed by atoms with E-state index in [1.54, 1.807) is 0 Å². The Balaban J connectivity index is 1.64. The largest absolute Gasteiger partial charge is 0.445 e. The van der Waals surface area contributed by atoms with E-state index in [-0.39, 0.29) is 19.1 Å². The number of carbonyl (C=O) groups is 3. The number of benzene rings is 2. The summed E-state index contributed by atoms with van der Waals surface area (Å²) in [7, 11) is 0. The lowest BCUT2D eigenvalue weighted by Gasteiger charge is -2.18. The average Bonchev–Trinajstić information content (AvgIpc) is 3.05. The Morgan fingerprint density at radius 1 is 0.614 bits per heavy atom. The van der Waals surface area contributed by atoms with Crippen LogP contribution >= 0.6 is 0 Å². The third-order valence-corrected chi connectivity index (χ3v) is 6.22. The first-order valence-electron chi connectivity index (χ1n) is 15.2. The zero-order valence-electron chi connectivity index (χ0n) is 25.5. The summed E-state index contributed by atoms with van der Waals surface area (Å²) < 4.78 is 26.9. The third kappa shape index (κ3) is 18.7. The summed E-state index contributed by atoms with van der Waals surface area (Å²) in [6, 6.07) is 17.9. The van der Waals surface area contributed by atoms with Crippen LogP contribution in [0.2, 0.25) is 0 Å². The highest BCUT2D eigenvalue weighted by Gasteiger charge is 2.21. The summed E-state index contributed by atoms with van der Waals surface area (Å²) in [6.07, 6.45) is 1.81. The highest BCUT2D eigenvalue weighted by Crippen LogP contribution is 2.05. The van der Waals surface area contributed by atoms with E-state index >= 15 is 0 Å². The molecule has 0 radical (unpaired) electrons. The molecular formula is C32H48N4O8. The first-order valence-corrected chi connectivity index (χ1v) is 15.2. The van der Waals surface area contributed by atoms with Crippen molar-refractivity contribution >= 4 is 18.1 Å². The fraction of sp³-hybridized carbons (Fsp3) is 0.531. The number of alkyl carbamates (subject to hydrolysis) is 2. The smallest absolute Gasteiger partial charge is 0.408 e. The summed E-state index contributed by atoms with van der Waals surface area (Å²) in [4.78, 5) is 37.3. The summed E-state index contributed by atoms with van der Waals surface area (Å²) in [5, 5.41) is 8.23. The van der Waals surface area contributed by atoms with Crippen molar-refractivity contribution in [3.8, 4) is 0 Å². The second kappa shape index (κ2) is 24.7. The van der Waals surface area contributed by atoms with E-state index in [2.05, 4.69) is 16.0 Å². The normalized spacial score (nSPS) is 11.4. The molecule has 0 heterocycles. The van der Waals surface area contributed by atoms with Crippen LogP contribution in [0.25, 0.3) is 0 Å². The number of rotatable bonds is 24. The summed E-state index contributed by atoms with van der Waals surface area (Å²) in [6.45, 7) is 4.69. The molecule has 0 spiro atoms. The van der Waals surface area contributed by atoms with Gasteiger partial charge in [0.25, 0.3) is 0 Å². The van der Waals surface area contributed by atoms with Gasteiger partial charge in [0.15, 0.2) is 0 Å². The molecule has 2 aromatic rings. The van der Waals surface area contributed by atoms with E-state index in [4.69, 9.17) is 29.4 Å². The lowest BCUT2D eigenvalue weighted by molar-refractivity contribution is -0.123. The van der Waals surface area contributed by atoms with Gasteiger partial charge in [-0.3, -0.25) is 4.79 Å². The molecule has 2 aromatic carbocycles. The minimum atomic E-state index is -0.787. The maximum atomic E-state index is 12.9. The number of hydrogen-bond acceptors (Lipinski definition) is 9. The second-order valence-electron chi connectivity index (χ2n) is 9.87. The molecule has 0 aliphatic heterocycles. The van der Waals surface area contributed by atoms with Gasteiger partial charge in [-0.05, 0) is 49.8 Å². The molecule has 0 saturated heterocycles. The maximum absolute atomic E-state index is 12.9. The van der Waals surface area contributed by atoms with E-state index in [9.17, 15) is 14.4 Å². The van der Waals surface area contributed by atoms with Crippen LogP contribution in [0.5, 0.6) is 0 Å². The number of hydrogen-bond donors (Lipinski definition) is 4. The van der Waals surface area contributed by atoms with Gasteiger partial charge in [-0.15, -0.1) is 0 Å². The van der Waals surface area contributed by atoms with Crippen LogP contribution in [0.4, 0.5) is 9.59 Å². The van der Waals surface area contributed by atoms with Crippen molar-refractivity contribution in [1.82, 2.24) is 16.0 Å². The molecule has 1 atom stereocenters. The third-order valence-electron chi connectivity index (χ3n) is 6.22. The molecular weight excluding hydrogens is 568 g/mol. The fourth-order valence-corrected chi connectivity index (χ4v) is 3.85. The van der Waals surface area contributed by atoms with Crippen LogP contribution in [-0.2, 0) is 41.7 Å². The Labute approximate surface area is 260 Å². The van der Waals surface area contributed by atoms with Crippen LogP contribution in [0, 0.1) is 0 Å². The van der Waals surface area contributed by atoms with Gasteiger partial charge < -0.3 is 45.4 Å². The van der Waals surface area contributed by atoms with Gasteiger partial charge in [0.05, 0.1) is 26.4 Å². The Hall–Kier alpha value is -3.71. The quantitative estimate of drug-likeness (QED) is 0.130. The molecule has 12 heteroatoms. The molecule has 0 aliphatic rings. The van der Waals surface area contributed by atoms with Gasteiger partial charge >= 0.3 is 12.2 Å². The Morgan fingerprint density at radius 2 is 1.14 bits per heavy atom. The second-order valence-corrected chi connectivity index (χ2v) is 9.87. The van der Waals surface area contributed by atoms with Crippen molar-refractivity contribution in [3.63, 3.8) is 0 Å². The maximum Gasteiger partial charge on any atom is 0.408 e. The zero-order valence-corrected chi connectivity index (χ0v) is 25.5. The predicted octanol–water partition coefficient (Wildman–Crippen LogP) is 3.28. The van der Waals surface area contributed by atoms with Gasteiger partial charge in [0.1, 0.15) is 19.3 Å². The minimum absolute atomic E-state index is 0.0956. The summed E-state index contributed by atoms with van der Waals surface area (Å²) in [5.41, 5.74) is 7.15. The van der Waals surface area contributed by atoms with Crippen LogP contribution in [0.3, 0.4) is 0 Å². The molecule has 0 aliphatic carbocycles. The Kier molecular flexibility index (Phi) is 20.5. The van der Waals surface area contributed by atoms with Gasteiger partial charge in [-0.2, -0.15) is 0 Å². The van der Waals surface area contributed by atoms with E-state index in [0.717, 1.165) is 17.5 Å². The molecule has 5 N–H and O–H groups in total. The van der Waals surface area contributed by atoms with Gasteiger partial charge in [-0.1, -0.05) is 60.7 Å². The van der Waals surface area contributed by atoms with Crippen LogP contribution in [0.1, 0.15) is 43.2 Å². The zero-order chi connectivity index (χ0) is 31.5. The molecule has 0 fully saturated rings. The lowest BCUT2D eigenvalue weighted by Crippen LogP contribution is -2.47. The number of amides is 3. The minimum Gasteiger partial charge on any atom is -0.445 e. The highest BCUT2D eigenvalue weighted by atomic mass is 16.6. The highest BCUT2D eigenvalue weighted by molar-refractivity contribution is 5.85. The number of nitrogens with two attached hydrogens (primary N) is 1. The monoisotopic (exact) mass is 616 g/mol. The molecule has 12 nitrogen and oxygen atoms in total. The molecule has 0 unspecified atom stereocenters. The lowest BCUT2D eigenvalue weighted by atomic mass is 10.1. The summed E-state index contributed by atoms with van der Waals surface area (Å²) >= 11 is 0. The molecule has 244 valence electrons. The first kappa shape index (κ1) is 36.5. The van der Waals surface area contributed by atoms with Crippen molar-refractivity contribution in [1.29, 1.82) is 0 Å². The van der Waals surface area contributed by atoms with Crippen molar-refractivity contribution in [3.05, 3.63) is 71.8 Å². The summed E-state index contributed by atoms with van der Waals surface area (Å²) in [5.74, 6) is -0.310. The van der Waals surface area contributed by atoms with Crippen LogP contribution in [-0.4, -0.2) is 83.4 Å². The van der Waals surface area contributed by atoms with Gasteiger partial charge in [-0.25, -0.2) is 9.59 Å². The van der Waals surface area contributed by atoms with Gasteiger partial charge in [0, 0.05) is 26.3 Å². The van der Waals surface area contributed by atoms with Crippen molar-refractivity contribution in [2.24, 2.45) is 5.73 Å². The van der Waals surface area contributed by atoms with E-state index in [1.807, 2.05) is 60.7 Å². The van der Waals surface area contributed by atoms with Crippen LogP contribution < -0.4 is 21.7 Å². The van der Waals surface area contributed by atoms with Crippen LogP contribution in [0.15, 0.2) is 60.7 Å². The molecule has 2 rings (SSSR count). The molecule has 0 aromatic heterocycles. The van der Waals surface area contributed by atoms with Crippen molar-refractivity contribution < 1.29 is 38.1 Å². The molecule has 0 saturated carbocycles. The topological polar surface area (TPSA) is 159 Å². The first-order chi connectivity index (χ1) is 21.6. The predicted molar refractivity (Wildman–Crippen MR) is 166 cm³/mol. The number of unbranched alkanes of at least 4 members (excludes halogenated alkanes) is 1. The molecule has 44 heavy (non-hydrogen) atoms. The Morgan fingerprint density at radius 3 is 1.73 bits per heavy atom. The van der Waals surface area contributed by atoms with Crippen molar-refractivity contribution in [2.75, 3.05) is 59.3 Å². The number of carbonyl (C=O) groups excluding carboxylic acids is 3. The fourth-order valence-electron chi connectivity index (χ4n) is 3.85. The Bertz CT molecular complexity index is 1030. The molecule has 0 bridgehead atoms. The number of nitrogens with one attached hydrogen (secondary N) is 3. The van der Waals surface area contributed by atoms with E-state index in [0.29, 0.717) is 85.0 Å². The standard InChI is InChI=1S/C32H48N4O8/c33-16-9-19-40-21-23-42-24-22-41-20-10-18-34-30(37)29(36-32(39)44-26-28-13-5-2-6-14-28)15-7-8-17-35-31(38)43-25-27-11-3-1-4-12-27/h1-6,11-14,29H,7-10,15-26,33H2,(H,34,37)(H,35,38)(H,36,39)/t29-/m0/s1. The number of ether oxygens (including phenoxy) is 5. The van der Waals surface area contributed by atoms with Gasteiger partial charge in [0.2, 0.25) is 5.91 Å². The SMILES string of the molecule is NCCCOCCOCCOCCCNC(=O)[C@H](CCCCNC(=O)OCc1ccccc1)NC(=O)OCc1ccccc1. The van der Waals surface area contributed by atoms with E-state index < -0.39 is 18.2 Å². The molecule has 3 amide bonds. The van der Waals surface area contributed by atoms with E-state index in [1.165, 1.54) is 0 Å².